The molecule has 9 heteroatoms. The van der Waals surface area contributed by atoms with Gasteiger partial charge in [-0.2, -0.15) is 10.4 Å². The number of aliphatic hydroxyl groups excluding tert-OH is 1. The van der Waals surface area contributed by atoms with E-state index in [1.807, 2.05) is 6.92 Å². The third kappa shape index (κ3) is 3.07. The number of aliphatic hydroxyl groups is 1. The van der Waals surface area contributed by atoms with Gasteiger partial charge < -0.3 is 25.1 Å². The Balaban J connectivity index is 1.75. The highest BCUT2D eigenvalue weighted by Gasteiger charge is 2.66. The van der Waals surface area contributed by atoms with E-state index in [0.717, 1.165) is 12.8 Å². The minimum atomic E-state index is -1.49. The highest BCUT2D eigenvalue weighted by atomic mass is 16.8. The Hall–Kier alpha value is -2.25. The van der Waals surface area contributed by atoms with E-state index in [4.69, 9.17) is 19.9 Å². The molecule has 29 heavy (non-hydrogen) atoms. The number of rotatable bonds is 6. The molecule has 0 saturated carbocycles. The molecule has 2 aromatic heterocycles. The summed E-state index contributed by atoms with van der Waals surface area (Å²) in [4.78, 5) is 3.99. The number of hydrogen-bond donors (Lipinski definition) is 2. The fraction of sp³-hybridized carbons (Fsp3) is 0.650. The summed E-state index contributed by atoms with van der Waals surface area (Å²) >= 11 is 0. The third-order valence-electron chi connectivity index (χ3n) is 5.87. The molecule has 2 unspecified atom stereocenters. The predicted molar refractivity (Wildman–Crippen MR) is 103 cm³/mol. The minimum Gasteiger partial charge on any atom is -0.394 e. The third-order valence-corrected chi connectivity index (χ3v) is 5.87. The SMILES string of the molecule is CCCC(C)CC1(C)O[C@H]2[C@@H](O1)[C@](C#N)(c1ccc3c(N)ncnn13)O[C@@H]2CO. The van der Waals surface area contributed by atoms with Crippen molar-refractivity contribution in [1.29, 1.82) is 5.26 Å². The van der Waals surface area contributed by atoms with Crippen molar-refractivity contribution in [1.82, 2.24) is 14.6 Å². The molecule has 0 aromatic carbocycles. The number of ether oxygens (including phenoxy) is 3. The molecule has 9 nitrogen and oxygen atoms in total. The molecule has 2 aromatic rings. The van der Waals surface area contributed by atoms with Crippen LogP contribution in [0.3, 0.4) is 0 Å². The van der Waals surface area contributed by atoms with Gasteiger partial charge in [-0.3, -0.25) is 0 Å². The Bertz CT molecular complexity index is 943. The second-order valence-electron chi connectivity index (χ2n) is 8.20. The van der Waals surface area contributed by atoms with Crippen LogP contribution in [0, 0.1) is 17.2 Å². The molecule has 2 saturated heterocycles. The molecule has 2 aliphatic heterocycles. The largest absolute Gasteiger partial charge is 0.394 e. The molecule has 3 N–H and O–H groups in total. The molecular weight excluding hydrogens is 374 g/mol. The van der Waals surface area contributed by atoms with Gasteiger partial charge in [-0.15, -0.1) is 0 Å². The van der Waals surface area contributed by atoms with Crippen LogP contribution in [-0.2, 0) is 19.8 Å². The fourth-order valence-electron chi connectivity index (χ4n) is 4.72. The summed E-state index contributed by atoms with van der Waals surface area (Å²) in [6.45, 7) is 5.92. The van der Waals surface area contributed by atoms with Gasteiger partial charge in [0, 0.05) is 6.42 Å². The Kier molecular flexibility index (Phi) is 4.99. The first-order chi connectivity index (χ1) is 13.9. The first kappa shape index (κ1) is 20.0. The van der Waals surface area contributed by atoms with Gasteiger partial charge in [0.05, 0.1) is 12.3 Å². The van der Waals surface area contributed by atoms with Crippen LogP contribution < -0.4 is 5.73 Å². The van der Waals surface area contributed by atoms with Crippen molar-refractivity contribution in [3.63, 3.8) is 0 Å². The molecule has 2 aliphatic rings. The highest BCUT2D eigenvalue weighted by molar-refractivity contribution is 5.66. The Morgan fingerprint density at radius 1 is 1.38 bits per heavy atom. The van der Waals surface area contributed by atoms with E-state index in [0.29, 0.717) is 29.4 Å². The zero-order chi connectivity index (χ0) is 20.8. The number of nitrogen functional groups attached to an aromatic ring is 1. The standard InChI is InChI=1S/C20H27N5O4/c1-4-5-12(2)8-19(3)28-16-14(9-26)27-20(10-21,17(16)29-19)15-7-6-13-18(22)23-11-24-25(13)15/h6-7,11-12,14,16-17,26H,4-5,8-9H2,1-3H3,(H2,22,23,24)/t12?,14-,16-,17-,19?,20+/m1/s1. The van der Waals surface area contributed by atoms with Crippen LogP contribution in [0.2, 0.25) is 0 Å². The van der Waals surface area contributed by atoms with Crippen LogP contribution in [0.25, 0.3) is 5.52 Å². The monoisotopic (exact) mass is 401 g/mol. The van der Waals surface area contributed by atoms with E-state index in [9.17, 15) is 10.4 Å². The maximum absolute atomic E-state index is 10.2. The summed E-state index contributed by atoms with van der Waals surface area (Å²) in [5.74, 6) is -0.158. The summed E-state index contributed by atoms with van der Waals surface area (Å²) in [6, 6.07) is 5.76. The van der Waals surface area contributed by atoms with Gasteiger partial charge in [0.15, 0.2) is 11.6 Å². The summed E-state index contributed by atoms with van der Waals surface area (Å²) < 4.78 is 20.2. The average Bonchev–Trinajstić information content (AvgIpc) is 3.33. The fourth-order valence-corrected chi connectivity index (χ4v) is 4.72. The topological polar surface area (TPSA) is 128 Å². The lowest BCUT2D eigenvalue weighted by atomic mass is 9.92. The smallest absolute Gasteiger partial charge is 0.226 e. The second-order valence-corrected chi connectivity index (χ2v) is 8.20. The van der Waals surface area contributed by atoms with Gasteiger partial charge in [-0.1, -0.05) is 26.7 Å². The molecule has 6 atom stereocenters. The molecule has 0 aliphatic carbocycles. The molecule has 0 amide bonds. The number of fused-ring (bicyclic) bond motifs is 2. The highest BCUT2D eigenvalue weighted by Crippen LogP contribution is 2.50. The number of nitrogens with two attached hydrogens (primary N) is 1. The normalized spacial score (nSPS) is 34.9. The maximum Gasteiger partial charge on any atom is 0.226 e. The van der Waals surface area contributed by atoms with E-state index in [1.165, 1.54) is 6.33 Å². The van der Waals surface area contributed by atoms with Crippen LogP contribution in [0.1, 0.15) is 45.7 Å². The Morgan fingerprint density at radius 3 is 2.86 bits per heavy atom. The van der Waals surface area contributed by atoms with Gasteiger partial charge in [-0.05, 0) is 25.0 Å². The van der Waals surface area contributed by atoms with Gasteiger partial charge in [0.1, 0.15) is 36.2 Å². The lowest BCUT2D eigenvalue weighted by molar-refractivity contribution is -0.221. The quantitative estimate of drug-likeness (QED) is 0.749. The maximum atomic E-state index is 10.2. The molecule has 156 valence electrons. The van der Waals surface area contributed by atoms with Gasteiger partial charge >= 0.3 is 0 Å². The molecule has 4 rings (SSSR count). The lowest BCUT2D eigenvalue weighted by Gasteiger charge is -2.32. The molecule has 0 radical (unpaired) electrons. The number of aromatic nitrogens is 3. The first-order valence-electron chi connectivity index (χ1n) is 10.0. The minimum absolute atomic E-state index is 0.283. The Morgan fingerprint density at radius 2 is 2.17 bits per heavy atom. The Labute approximate surface area is 169 Å². The summed E-state index contributed by atoms with van der Waals surface area (Å²) in [6.07, 6.45) is 2.19. The van der Waals surface area contributed by atoms with Crippen LogP contribution in [0.4, 0.5) is 5.82 Å². The average molecular weight is 401 g/mol. The van der Waals surface area contributed by atoms with Gasteiger partial charge in [0.25, 0.3) is 0 Å². The summed E-state index contributed by atoms with van der Waals surface area (Å²) in [7, 11) is 0. The predicted octanol–water partition coefficient (Wildman–Crippen LogP) is 1.75. The van der Waals surface area contributed by atoms with Crippen molar-refractivity contribution < 1.29 is 19.3 Å². The van der Waals surface area contributed by atoms with E-state index >= 15 is 0 Å². The molecule has 2 fully saturated rings. The van der Waals surface area contributed by atoms with E-state index in [-0.39, 0.29) is 6.61 Å². The van der Waals surface area contributed by atoms with Gasteiger partial charge in [0.2, 0.25) is 5.60 Å². The van der Waals surface area contributed by atoms with Crippen molar-refractivity contribution in [3.05, 3.63) is 24.2 Å². The van der Waals surface area contributed by atoms with Crippen molar-refractivity contribution in [2.24, 2.45) is 5.92 Å². The number of nitriles is 1. The second kappa shape index (κ2) is 7.22. The molecule has 0 bridgehead atoms. The van der Waals surface area contributed by atoms with Crippen molar-refractivity contribution >= 4 is 11.3 Å². The molecule has 0 spiro atoms. The summed E-state index contributed by atoms with van der Waals surface area (Å²) in [5, 5.41) is 24.4. The van der Waals surface area contributed by atoms with E-state index < -0.39 is 29.7 Å². The van der Waals surface area contributed by atoms with Crippen molar-refractivity contribution in [2.75, 3.05) is 12.3 Å². The van der Waals surface area contributed by atoms with E-state index in [1.54, 1.807) is 16.6 Å². The van der Waals surface area contributed by atoms with Crippen LogP contribution in [0.5, 0.6) is 0 Å². The summed E-state index contributed by atoms with van der Waals surface area (Å²) in [5.41, 5.74) is 5.51. The zero-order valence-corrected chi connectivity index (χ0v) is 16.9. The lowest BCUT2D eigenvalue weighted by Crippen LogP contribution is -2.41. The zero-order valence-electron chi connectivity index (χ0n) is 16.9. The molecule has 4 heterocycles. The van der Waals surface area contributed by atoms with Gasteiger partial charge in [-0.25, -0.2) is 9.50 Å². The number of hydrogen-bond acceptors (Lipinski definition) is 8. The number of nitrogens with zero attached hydrogens (tertiary/aromatic N) is 4. The van der Waals surface area contributed by atoms with Crippen LogP contribution in [0.15, 0.2) is 18.5 Å². The van der Waals surface area contributed by atoms with Crippen molar-refractivity contribution in [3.8, 4) is 6.07 Å². The number of anilines is 1. The van der Waals surface area contributed by atoms with Crippen molar-refractivity contribution in [2.45, 2.75) is 69.7 Å². The van der Waals surface area contributed by atoms with E-state index in [2.05, 4.69) is 30.0 Å². The first-order valence-corrected chi connectivity index (χ1v) is 10.0. The van der Waals surface area contributed by atoms with Crippen LogP contribution in [-0.4, -0.2) is 50.4 Å². The van der Waals surface area contributed by atoms with Crippen LogP contribution >= 0.6 is 0 Å². The molecular formula is C20H27N5O4.